The van der Waals surface area contributed by atoms with Crippen molar-refractivity contribution in [3.63, 3.8) is 0 Å². The SMILES string of the molecule is CCOC1CCN(C=O)C1. The number of carbonyl (C=O) groups is 1. The van der Waals surface area contributed by atoms with Crippen LogP contribution in [0, 0.1) is 0 Å². The van der Waals surface area contributed by atoms with Crippen LogP contribution in [0.5, 0.6) is 0 Å². The van der Waals surface area contributed by atoms with Gasteiger partial charge in [0.15, 0.2) is 0 Å². The highest BCUT2D eigenvalue weighted by Crippen LogP contribution is 2.09. The number of amides is 1. The molecule has 1 amide bonds. The van der Waals surface area contributed by atoms with Gasteiger partial charge in [-0.1, -0.05) is 0 Å². The van der Waals surface area contributed by atoms with E-state index < -0.39 is 0 Å². The predicted molar refractivity (Wildman–Crippen MR) is 37.7 cm³/mol. The van der Waals surface area contributed by atoms with E-state index in [0.717, 1.165) is 32.5 Å². The second-order valence-corrected chi connectivity index (χ2v) is 2.47. The van der Waals surface area contributed by atoms with Gasteiger partial charge < -0.3 is 9.64 Å². The Kier molecular flexibility index (Phi) is 2.68. The van der Waals surface area contributed by atoms with Crippen LogP contribution in [0.15, 0.2) is 0 Å². The highest BCUT2D eigenvalue weighted by Gasteiger charge is 2.20. The molecule has 0 aromatic rings. The van der Waals surface area contributed by atoms with Crippen LogP contribution in [-0.4, -0.2) is 37.1 Å². The van der Waals surface area contributed by atoms with Gasteiger partial charge >= 0.3 is 0 Å². The van der Waals surface area contributed by atoms with Crippen molar-refractivity contribution in [1.82, 2.24) is 4.90 Å². The average Bonchev–Trinajstić information content (AvgIpc) is 2.37. The molecule has 0 bridgehead atoms. The monoisotopic (exact) mass is 143 g/mol. The number of ether oxygens (including phenoxy) is 1. The molecule has 0 aromatic carbocycles. The first kappa shape index (κ1) is 7.54. The van der Waals surface area contributed by atoms with Gasteiger partial charge in [-0.25, -0.2) is 0 Å². The fraction of sp³-hybridized carbons (Fsp3) is 0.857. The fourth-order valence-corrected chi connectivity index (χ4v) is 1.22. The summed E-state index contributed by atoms with van der Waals surface area (Å²) in [5, 5.41) is 0. The smallest absolute Gasteiger partial charge is 0.209 e. The molecule has 1 saturated heterocycles. The van der Waals surface area contributed by atoms with E-state index in [0.29, 0.717) is 0 Å². The van der Waals surface area contributed by atoms with Crippen LogP contribution < -0.4 is 0 Å². The van der Waals surface area contributed by atoms with Crippen molar-refractivity contribution in [2.45, 2.75) is 19.4 Å². The summed E-state index contributed by atoms with van der Waals surface area (Å²) < 4.78 is 5.33. The molecule has 58 valence electrons. The third-order valence-corrected chi connectivity index (χ3v) is 1.73. The van der Waals surface area contributed by atoms with Gasteiger partial charge in [0.05, 0.1) is 6.10 Å². The van der Waals surface area contributed by atoms with Crippen LogP contribution in [0.2, 0.25) is 0 Å². The lowest BCUT2D eigenvalue weighted by Crippen LogP contribution is -2.21. The summed E-state index contributed by atoms with van der Waals surface area (Å²) in [5.41, 5.74) is 0. The molecule has 10 heavy (non-hydrogen) atoms. The molecule has 1 atom stereocenters. The number of likely N-dealkylation sites (tertiary alicyclic amines) is 1. The number of hydrogen-bond donors (Lipinski definition) is 0. The second kappa shape index (κ2) is 3.56. The maximum atomic E-state index is 10.2. The standard InChI is InChI=1S/C7H13NO2/c1-2-10-7-3-4-8(5-7)6-9/h6-7H,2-5H2,1H3. The van der Waals surface area contributed by atoms with Crippen LogP contribution >= 0.6 is 0 Å². The number of rotatable bonds is 3. The highest BCUT2D eigenvalue weighted by atomic mass is 16.5. The van der Waals surface area contributed by atoms with Gasteiger partial charge in [0.25, 0.3) is 0 Å². The lowest BCUT2D eigenvalue weighted by Gasteiger charge is -2.09. The lowest BCUT2D eigenvalue weighted by molar-refractivity contribution is -0.117. The van der Waals surface area contributed by atoms with Crippen molar-refractivity contribution in [1.29, 1.82) is 0 Å². The van der Waals surface area contributed by atoms with Gasteiger partial charge in [-0.05, 0) is 13.3 Å². The van der Waals surface area contributed by atoms with E-state index in [4.69, 9.17) is 4.74 Å². The Bertz CT molecular complexity index is 116. The van der Waals surface area contributed by atoms with Gasteiger partial charge in [0.1, 0.15) is 0 Å². The maximum absolute atomic E-state index is 10.2. The number of hydrogen-bond acceptors (Lipinski definition) is 2. The van der Waals surface area contributed by atoms with Crippen molar-refractivity contribution in [2.75, 3.05) is 19.7 Å². The molecule has 0 radical (unpaired) electrons. The van der Waals surface area contributed by atoms with E-state index in [2.05, 4.69) is 0 Å². The summed E-state index contributed by atoms with van der Waals surface area (Å²) in [6, 6.07) is 0. The van der Waals surface area contributed by atoms with Crippen molar-refractivity contribution in [3.8, 4) is 0 Å². The Morgan fingerprint density at radius 1 is 1.80 bits per heavy atom. The van der Waals surface area contributed by atoms with Gasteiger partial charge in [-0.15, -0.1) is 0 Å². The molecule has 1 unspecified atom stereocenters. The third kappa shape index (κ3) is 1.70. The summed E-state index contributed by atoms with van der Waals surface area (Å²) in [5.74, 6) is 0. The van der Waals surface area contributed by atoms with Gasteiger partial charge in [-0.2, -0.15) is 0 Å². The first-order valence-corrected chi connectivity index (χ1v) is 3.67. The van der Waals surface area contributed by atoms with E-state index in [1.165, 1.54) is 0 Å². The predicted octanol–water partition coefficient (Wildman–Crippen LogP) is 0.254. The Morgan fingerprint density at radius 3 is 3.10 bits per heavy atom. The van der Waals surface area contributed by atoms with E-state index in [1.807, 2.05) is 6.92 Å². The molecular weight excluding hydrogens is 130 g/mol. The van der Waals surface area contributed by atoms with Crippen molar-refractivity contribution >= 4 is 6.41 Å². The molecule has 3 heteroatoms. The Hall–Kier alpha value is -0.570. The first-order chi connectivity index (χ1) is 4.86. The van der Waals surface area contributed by atoms with Gasteiger partial charge in [-0.3, -0.25) is 4.79 Å². The van der Waals surface area contributed by atoms with E-state index >= 15 is 0 Å². The van der Waals surface area contributed by atoms with Gasteiger partial charge in [0.2, 0.25) is 6.41 Å². The molecule has 0 aliphatic carbocycles. The largest absolute Gasteiger partial charge is 0.377 e. The second-order valence-electron chi connectivity index (χ2n) is 2.47. The van der Waals surface area contributed by atoms with Crippen LogP contribution in [-0.2, 0) is 9.53 Å². The third-order valence-electron chi connectivity index (χ3n) is 1.73. The summed E-state index contributed by atoms with van der Waals surface area (Å²) in [4.78, 5) is 12.0. The molecule has 1 aliphatic rings. The quantitative estimate of drug-likeness (QED) is 0.530. The number of carbonyl (C=O) groups excluding carboxylic acids is 1. The Labute approximate surface area is 61.0 Å². The summed E-state index contributed by atoms with van der Waals surface area (Å²) in [6.07, 6.45) is 2.17. The first-order valence-electron chi connectivity index (χ1n) is 3.67. The van der Waals surface area contributed by atoms with E-state index in [9.17, 15) is 4.79 Å². The molecule has 0 saturated carbocycles. The fourth-order valence-electron chi connectivity index (χ4n) is 1.22. The normalized spacial score (nSPS) is 25.3. The number of nitrogens with zero attached hydrogens (tertiary/aromatic N) is 1. The summed E-state index contributed by atoms with van der Waals surface area (Å²) >= 11 is 0. The van der Waals surface area contributed by atoms with Crippen LogP contribution in [0.25, 0.3) is 0 Å². The summed E-state index contributed by atoms with van der Waals surface area (Å²) in [7, 11) is 0. The molecule has 1 rings (SSSR count). The zero-order valence-electron chi connectivity index (χ0n) is 6.25. The highest BCUT2D eigenvalue weighted by molar-refractivity contribution is 5.47. The topological polar surface area (TPSA) is 29.5 Å². The zero-order valence-corrected chi connectivity index (χ0v) is 6.25. The zero-order chi connectivity index (χ0) is 7.40. The Morgan fingerprint density at radius 2 is 2.60 bits per heavy atom. The summed E-state index contributed by atoms with van der Waals surface area (Å²) in [6.45, 7) is 4.35. The van der Waals surface area contributed by atoms with E-state index in [1.54, 1.807) is 4.90 Å². The van der Waals surface area contributed by atoms with Gasteiger partial charge in [0, 0.05) is 19.7 Å². The molecule has 3 nitrogen and oxygen atoms in total. The molecule has 1 aliphatic heterocycles. The van der Waals surface area contributed by atoms with Crippen LogP contribution in [0.1, 0.15) is 13.3 Å². The van der Waals surface area contributed by atoms with Crippen molar-refractivity contribution < 1.29 is 9.53 Å². The van der Waals surface area contributed by atoms with Crippen LogP contribution in [0.4, 0.5) is 0 Å². The molecule has 0 aromatic heterocycles. The minimum absolute atomic E-state index is 0.287. The van der Waals surface area contributed by atoms with Crippen LogP contribution in [0.3, 0.4) is 0 Å². The minimum atomic E-state index is 0.287. The molecule has 1 heterocycles. The van der Waals surface area contributed by atoms with Crippen molar-refractivity contribution in [2.24, 2.45) is 0 Å². The minimum Gasteiger partial charge on any atom is -0.377 e. The Balaban J connectivity index is 2.21. The van der Waals surface area contributed by atoms with E-state index in [-0.39, 0.29) is 6.10 Å². The average molecular weight is 143 g/mol. The van der Waals surface area contributed by atoms with Crippen molar-refractivity contribution in [3.05, 3.63) is 0 Å². The molecule has 0 spiro atoms. The lowest BCUT2D eigenvalue weighted by atomic mass is 10.3. The molecule has 1 fully saturated rings. The molecule has 0 N–H and O–H groups in total. The maximum Gasteiger partial charge on any atom is 0.209 e. The molecular formula is C7H13NO2.